The monoisotopic (exact) mass is 410 g/mol. The van der Waals surface area contributed by atoms with Gasteiger partial charge in [-0.05, 0) is 26.0 Å². The van der Waals surface area contributed by atoms with Crippen molar-refractivity contribution in [3.8, 4) is 0 Å². The molecule has 7 nitrogen and oxygen atoms in total. The van der Waals surface area contributed by atoms with Gasteiger partial charge in [0.1, 0.15) is 5.76 Å². The Bertz CT molecular complexity index is 486. The zero-order valence-corrected chi connectivity index (χ0v) is 15.1. The summed E-state index contributed by atoms with van der Waals surface area (Å²) in [5.74, 6) is 0.783. The highest BCUT2D eigenvalue weighted by molar-refractivity contribution is 14.0. The molecule has 1 heterocycles. The third-order valence-electron chi connectivity index (χ3n) is 2.79. The van der Waals surface area contributed by atoms with Crippen LogP contribution in [0, 0.1) is 0 Å². The molecule has 1 aromatic heterocycles. The quantitative estimate of drug-likeness (QED) is 0.370. The van der Waals surface area contributed by atoms with Gasteiger partial charge in [-0.1, -0.05) is 0 Å². The summed E-state index contributed by atoms with van der Waals surface area (Å²) in [6.07, 6.45) is 0. The standard InChI is InChI=1S/C13H22N4O3.HI/c1-13(2,19-4)8-17-12(15-3)16-7-9-5-6-10(20-9)11(14)18;/h5-6H,7-8H2,1-4H3,(H2,14,18)(H2,15,16,17);1H. The van der Waals surface area contributed by atoms with Gasteiger partial charge in [-0.25, -0.2) is 0 Å². The molecule has 0 spiro atoms. The minimum Gasteiger partial charge on any atom is -0.454 e. The predicted octanol–water partition coefficient (Wildman–Crippen LogP) is 1.09. The number of nitrogens with zero attached hydrogens (tertiary/aromatic N) is 1. The molecule has 0 aliphatic rings. The third kappa shape index (κ3) is 6.80. The maximum atomic E-state index is 10.9. The molecule has 1 aromatic rings. The normalized spacial score (nSPS) is 11.7. The Labute approximate surface area is 141 Å². The van der Waals surface area contributed by atoms with Crippen molar-refractivity contribution < 1.29 is 13.9 Å². The van der Waals surface area contributed by atoms with E-state index in [2.05, 4.69) is 15.6 Å². The van der Waals surface area contributed by atoms with E-state index in [0.717, 1.165) is 0 Å². The van der Waals surface area contributed by atoms with Gasteiger partial charge in [0.15, 0.2) is 11.7 Å². The molecule has 0 bridgehead atoms. The number of hydrogen-bond acceptors (Lipinski definition) is 4. The average molecular weight is 410 g/mol. The highest BCUT2D eigenvalue weighted by Crippen LogP contribution is 2.07. The van der Waals surface area contributed by atoms with E-state index in [1.807, 2.05) is 13.8 Å². The van der Waals surface area contributed by atoms with Crippen LogP contribution in [0.2, 0.25) is 0 Å². The van der Waals surface area contributed by atoms with E-state index < -0.39 is 5.91 Å². The van der Waals surface area contributed by atoms with Crippen molar-refractivity contribution in [2.75, 3.05) is 20.7 Å². The van der Waals surface area contributed by atoms with Crippen LogP contribution in [-0.2, 0) is 11.3 Å². The lowest BCUT2D eigenvalue weighted by Crippen LogP contribution is -2.45. The maximum Gasteiger partial charge on any atom is 0.284 e. The Morgan fingerprint density at radius 2 is 2.10 bits per heavy atom. The van der Waals surface area contributed by atoms with E-state index in [1.54, 1.807) is 26.3 Å². The number of primary amides is 1. The lowest BCUT2D eigenvalue weighted by atomic mass is 10.1. The number of rotatable bonds is 6. The smallest absolute Gasteiger partial charge is 0.284 e. The minimum absolute atomic E-state index is 0. The molecule has 0 aliphatic heterocycles. The lowest BCUT2D eigenvalue weighted by molar-refractivity contribution is 0.0268. The van der Waals surface area contributed by atoms with Gasteiger partial charge in [0.25, 0.3) is 5.91 Å². The van der Waals surface area contributed by atoms with Crippen molar-refractivity contribution in [1.82, 2.24) is 10.6 Å². The van der Waals surface area contributed by atoms with Crippen molar-refractivity contribution in [3.05, 3.63) is 23.7 Å². The van der Waals surface area contributed by atoms with Gasteiger partial charge >= 0.3 is 0 Å². The van der Waals surface area contributed by atoms with E-state index in [9.17, 15) is 4.79 Å². The fraction of sp³-hybridized carbons (Fsp3) is 0.538. The average Bonchev–Trinajstić information content (AvgIpc) is 2.88. The van der Waals surface area contributed by atoms with Gasteiger partial charge in [-0.3, -0.25) is 9.79 Å². The predicted molar refractivity (Wildman–Crippen MR) is 91.9 cm³/mol. The van der Waals surface area contributed by atoms with Crippen LogP contribution in [0.4, 0.5) is 0 Å². The number of nitrogens with two attached hydrogens (primary N) is 1. The van der Waals surface area contributed by atoms with E-state index in [-0.39, 0.29) is 35.3 Å². The van der Waals surface area contributed by atoms with Gasteiger partial charge in [0.05, 0.1) is 12.1 Å². The molecule has 0 unspecified atom stereocenters. The molecule has 4 N–H and O–H groups in total. The molecule has 21 heavy (non-hydrogen) atoms. The second-order valence-corrected chi connectivity index (χ2v) is 4.87. The Morgan fingerprint density at radius 1 is 1.43 bits per heavy atom. The number of halogens is 1. The molecule has 0 aliphatic carbocycles. The van der Waals surface area contributed by atoms with E-state index in [1.165, 1.54) is 0 Å². The fourth-order valence-corrected chi connectivity index (χ4v) is 1.37. The molecule has 0 saturated carbocycles. The summed E-state index contributed by atoms with van der Waals surface area (Å²) in [5, 5.41) is 6.21. The zero-order valence-electron chi connectivity index (χ0n) is 12.7. The topological polar surface area (TPSA) is 102 Å². The van der Waals surface area contributed by atoms with Gasteiger partial charge in [-0.2, -0.15) is 0 Å². The van der Waals surface area contributed by atoms with Crippen LogP contribution in [0.3, 0.4) is 0 Å². The van der Waals surface area contributed by atoms with Gasteiger partial charge < -0.3 is 25.5 Å². The summed E-state index contributed by atoms with van der Waals surface area (Å²) in [6, 6.07) is 3.24. The third-order valence-corrected chi connectivity index (χ3v) is 2.79. The van der Waals surface area contributed by atoms with Crippen molar-refractivity contribution in [1.29, 1.82) is 0 Å². The first-order valence-electron chi connectivity index (χ1n) is 6.26. The number of nitrogens with one attached hydrogen (secondary N) is 2. The lowest BCUT2D eigenvalue weighted by Gasteiger charge is -2.24. The molecule has 1 amide bonds. The molecule has 0 radical (unpaired) electrons. The molecule has 0 atom stereocenters. The number of amides is 1. The first-order chi connectivity index (χ1) is 9.38. The van der Waals surface area contributed by atoms with Crippen molar-refractivity contribution >= 4 is 35.8 Å². The molecule has 1 rings (SSSR count). The van der Waals surface area contributed by atoms with Gasteiger partial charge in [0, 0.05) is 20.7 Å². The molecule has 8 heteroatoms. The van der Waals surface area contributed by atoms with E-state index in [0.29, 0.717) is 24.8 Å². The second kappa shape index (κ2) is 8.88. The fourth-order valence-electron chi connectivity index (χ4n) is 1.37. The van der Waals surface area contributed by atoms with Gasteiger partial charge in [0.2, 0.25) is 0 Å². The molecular weight excluding hydrogens is 387 g/mol. The van der Waals surface area contributed by atoms with E-state index in [4.69, 9.17) is 14.9 Å². The Kier molecular flexibility index (Phi) is 8.33. The summed E-state index contributed by atoms with van der Waals surface area (Å²) in [4.78, 5) is 15.0. The number of hydrogen-bond donors (Lipinski definition) is 3. The maximum absolute atomic E-state index is 10.9. The Morgan fingerprint density at radius 3 is 2.57 bits per heavy atom. The Hall–Kier alpha value is -1.29. The second-order valence-electron chi connectivity index (χ2n) is 4.87. The van der Waals surface area contributed by atoms with Crippen LogP contribution >= 0.6 is 24.0 Å². The number of aliphatic imine (C=N–C) groups is 1. The minimum atomic E-state index is -0.583. The van der Waals surface area contributed by atoms with Crippen LogP contribution in [0.1, 0.15) is 30.2 Å². The number of carbonyl (C=O) groups is 1. The number of furan rings is 1. The molecule has 120 valence electrons. The van der Waals surface area contributed by atoms with Crippen LogP contribution in [-0.4, -0.2) is 38.2 Å². The Balaban J connectivity index is 0.00000400. The molecule has 0 aromatic carbocycles. The summed E-state index contributed by atoms with van der Waals surface area (Å²) >= 11 is 0. The summed E-state index contributed by atoms with van der Waals surface area (Å²) in [7, 11) is 3.33. The number of methoxy groups -OCH3 is 1. The number of ether oxygens (including phenoxy) is 1. The molecular formula is C13H23IN4O3. The summed E-state index contributed by atoms with van der Waals surface area (Å²) in [6.45, 7) is 4.95. The molecule has 0 saturated heterocycles. The largest absolute Gasteiger partial charge is 0.454 e. The van der Waals surface area contributed by atoms with E-state index >= 15 is 0 Å². The van der Waals surface area contributed by atoms with Gasteiger partial charge in [-0.15, -0.1) is 24.0 Å². The first kappa shape index (κ1) is 19.7. The highest BCUT2D eigenvalue weighted by atomic mass is 127. The zero-order chi connectivity index (χ0) is 15.2. The molecule has 0 fully saturated rings. The van der Waals surface area contributed by atoms with Crippen molar-refractivity contribution in [2.24, 2.45) is 10.7 Å². The van der Waals surface area contributed by atoms with Crippen LogP contribution < -0.4 is 16.4 Å². The number of guanidine groups is 1. The van der Waals surface area contributed by atoms with Crippen LogP contribution in [0.15, 0.2) is 21.5 Å². The first-order valence-corrected chi connectivity index (χ1v) is 6.26. The van der Waals surface area contributed by atoms with Crippen LogP contribution in [0.25, 0.3) is 0 Å². The summed E-state index contributed by atoms with van der Waals surface area (Å²) in [5.41, 5.74) is 4.83. The van der Waals surface area contributed by atoms with Crippen molar-refractivity contribution in [3.63, 3.8) is 0 Å². The SMILES string of the molecule is CN=C(NCc1ccc(C(N)=O)o1)NCC(C)(C)OC.I. The van der Waals surface area contributed by atoms with Crippen molar-refractivity contribution in [2.45, 2.75) is 26.0 Å². The highest BCUT2D eigenvalue weighted by Gasteiger charge is 2.16. The number of carbonyl (C=O) groups excluding carboxylic acids is 1. The summed E-state index contributed by atoms with van der Waals surface area (Å²) < 4.78 is 10.6. The van der Waals surface area contributed by atoms with Crippen LogP contribution in [0.5, 0.6) is 0 Å².